The fraction of sp³-hybridized carbons (Fsp3) is 0.778. The van der Waals surface area contributed by atoms with Crippen molar-refractivity contribution in [2.24, 2.45) is 0 Å². The number of nitrogens with one attached hydrogen (secondary N) is 1. The molecule has 0 rings (SSSR count). The fourth-order valence-corrected chi connectivity index (χ4v) is 1.02. The van der Waals surface area contributed by atoms with Gasteiger partial charge in [0.05, 0.1) is 19.3 Å². The zero-order chi connectivity index (χ0) is 9.40. The lowest BCUT2D eigenvalue weighted by Crippen LogP contribution is -2.41. The first-order valence-corrected chi connectivity index (χ1v) is 4.33. The highest BCUT2D eigenvalue weighted by Gasteiger charge is 2.08. The molecule has 0 fully saturated rings. The molecule has 0 heterocycles. The van der Waals surface area contributed by atoms with Crippen LogP contribution in [0.25, 0.3) is 0 Å². The fourth-order valence-electron chi connectivity index (χ4n) is 1.02. The van der Waals surface area contributed by atoms with Gasteiger partial charge in [-0.05, 0) is 19.8 Å². The second kappa shape index (κ2) is 7.28. The summed E-state index contributed by atoms with van der Waals surface area (Å²) in [6.07, 6.45) is 3.81. The van der Waals surface area contributed by atoms with Crippen LogP contribution >= 0.6 is 0 Å². The summed E-state index contributed by atoms with van der Waals surface area (Å²) in [5, 5.41) is 20.6. The number of allylic oxidation sites excluding steroid dienone is 1. The molecule has 0 aliphatic heterocycles. The van der Waals surface area contributed by atoms with Crippen molar-refractivity contribution in [1.29, 1.82) is 0 Å². The Morgan fingerprint density at radius 2 is 2.00 bits per heavy atom. The highest BCUT2D eigenvalue weighted by atomic mass is 16.3. The summed E-state index contributed by atoms with van der Waals surface area (Å²) in [6, 6.07) is 0.122. The van der Waals surface area contributed by atoms with Crippen LogP contribution in [0.2, 0.25) is 0 Å². The Kier molecular flexibility index (Phi) is 7.05. The van der Waals surface area contributed by atoms with Gasteiger partial charge in [0.25, 0.3) is 0 Å². The summed E-state index contributed by atoms with van der Waals surface area (Å²) in [5.74, 6) is 0. The van der Waals surface area contributed by atoms with Crippen LogP contribution in [0.4, 0.5) is 0 Å². The number of rotatable bonds is 7. The second-order valence-corrected chi connectivity index (χ2v) is 3.00. The molecule has 3 N–H and O–H groups in total. The van der Waals surface area contributed by atoms with Gasteiger partial charge < -0.3 is 15.5 Å². The van der Waals surface area contributed by atoms with E-state index in [2.05, 4.69) is 11.9 Å². The maximum absolute atomic E-state index is 8.76. The molecule has 0 spiro atoms. The van der Waals surface area contributed by atoms with E-state index in [-0.39, 0.29) is 19.3 Å². The Labute approximate surface area is 74.1 Å². The smallest absolute Gasteiger partial charge is 0.0607 e. The van der Waals surface area contributed by atoms with E-state index in [0.717, 1.165) is 12.8 Å². The number of hydrogen-bond acceptors (Lipinski definition) is 3. The minimum atomic E-state index is -0.190. The topological polar surface area (TPSA) is 52.5 Å². The highest BCUT2D eigenvalue weighted by molar-refractivity contribution is 4.74. The van der Waals surface area contributed by atoms with Crippen molar-refractivity contribution in [2.45, 2.75) is 31.8 Å². The molecule has 0 saturated carbocycles. The van der Waals surface area contributed by atoms with Crippen molar-refractivity contribution in [1.82, 2.24) is 5.32 Å². The number of aliphatic hydroxyl groups is 2. The van der Waals surface area contributed by atoms with E-state index in [0.29, 0.717) is 6.04 Å². The summed E-state index contributed by atoms with van der Waals surface area (Å²) >= 11 is 0. The summed E-state index contributed by atoms with van der Waals surface area (Å²) in [4.78, 5) is 0. The largest absolute Gasteiger partial charge is 0.395 e. The van der Waals surface area contributed by atoms with Crippen LogP contribution in [0.1, 0.15) is 19.8 Å². The van der Waals surface area contributed by atoms with Gasteiger partial charge in [0.2, 0.25) is 0 Å². The molecule has 0 aromatic rings. The van der Waals surface area contributed by atoms with Gasteiger partial charge in [0.1, 0.15) is 0 Å². The van der Waals surface area contributed by atoms with Gasteiger partial charge >= 0.3 is 0 Å². The Balaban J connectivity index is 3.50. The SMILES string of the molecule is C=CCC[C@@H](C)NC(CO)CO. The Morgan fingerprint density at radius 1 is 1.42 bits per heavy atom. The molecule has 0 aliphatic carbocycles. The molecule has 0 aromatic carbocycles. The second-order valence-electron chi connectivity index (χ2n) is 3.00. The molecule has 1 atom stereocenters. The van der Waals surface area contributed by atoms with Crippen LogP contribution in [0.15, 0.2) is 12.7 Å². The van der Waals surface area contributed by atoms with Crippen LogP contribution in [0.5, 0.6) is 0 Å². The lowest BCUT2D eigenvalue weighted by atomic mass is 10.1. The third-order valence-electron chi connectivity index (χ3n) is 1.76. The van der Waals surface area contributed by atoms with Crippen molar-refractivity contribution < 1.29 is 10.2 Å². The van der Waals surface area contributed by atoms with Gasteiger partial charge in [-0.3, -0.25) is 0 Å². The first kappa shape index (κ1) is 11.6. The zero-order valence-electron chi connectivity index (χ0n) is 7.66. The highest BCUT2D eigenvalue weighted by Crippen LogP contribution is 1.97. The van der Waals surface area contributed by atoms with Crippen molar-refractivity contribution in [2.75, 3.05) is 13.2 Å². The van der Waals surface area contributed by atoms with Crippen LogP contribution in [-0.4, -0.2) is 35.5 Å². The van der Waals surface area contributed by atoms with Crippen LogP contribution in [-0.2, 0) is 0 Å². The molecule has 0 aliphatic rings. The molecule has 12 heavy (non-hydrogen) atoms. The van der Waals surface area contributed by atoms with E-state index in [1.165, 1.54) is 0 Å². The first-order chi connectivity index (χ1) is 5.74. The molecule has 0 radical (unpaired) electrons. The lowest BCUT2D eigenvalue weighted by molar-refractivity contribution is 0.162. The molecule has 0 aromatic heterocycles. The van der Waals surface area contributed by atoms with E-state index in [1.807, 2.05) is 13.0 Å². The van der Waals surface area contributed by atoms with Gasteiger partial charge in [-0.1, -0.05) is 6.08 Å². The molecule has 72 valence electrons. The summed E-state index contributed by atoms with van der Waals surface area (Å²) < 4.78 is 0. The van der Waals surface area contributed by atoms with E-state index in [1.54, 1.807) is 0 Å². The van der Waals surface area contributed by atoms with Gasteiger partial charge in [0, 0.05) is 6.04 Å². The maximum atomic E-state index is 8.76. The van der Waals surface area contributed by atoms with E-state index >= 15 is 0 Å². The number of aliphatic hydroxyl groups excluding tert-OH is 2. The summed E-state index contributed by atoms with van der Waals surface area (Å²) in [5.41, 5.74) is 0. The van der Waals surface area contributed by atoms with Gasteiger partial charge in [-0.2, -0.15) is 0 Å². The Morgan fingerprint density at radius 3 is 2.42 bits per heavy atom. The average Bonchev–Trinajstić information content (AvgIpc) is 2.10. The molecular formula is C9H19NO2. The average molecular weight is 173 g/mol. The molecule has 0 unspecified atom stereocenters. The normalized spacial score (nSPS) is 13.3. The predicted molar refractivity (Wildman–Crippen MR) is 50.0 cm³/mol. The van der Waals surface area contributed by atoms with Crippen molar-refractivity contribution >= 4 is 0 Å². The molecule has 3 heteroatoms. The quantitative estimate of drug-likeness (QED) is 0.485. The van der Waals surface area contributed by atoms with E-state index in [9.17, 15) is 0 Å². The molecule has 0 saturated heterocycles. The van der Waals surface area contributed by atoms with Gasteiger partial charge in [0.15, 0.2) is 0 Å². The number of hydrogen-bond donors (Lipinski definition) is 3. The molecular weight excluding hydrogens is 154 g/mol. The van der Waals surface area contributed by atoms with E-state index in [4.69, 9.17) is 10.2 Å². The Bertz CT molecular complexity index is 113. The summed E-state index contributed by atoms with van der Waals surface area (Å²) in [6.45, 7) is 5.62. The van der Waals surface area contributed by atoms with Gasteiger partial charge in [-0.25, -0.2) is 0 Å². The molecule has 3 nitrogen and oxygen atoms in total. The van der Waals surface area contributed by atoms with Crippen molar-refractivity contribution in [3.8, 4) is 0 Å². The van der Waals surface area contributed by atoms with Gasteiger partial charge in [-0.15, -0.1) is 6.58 Å². The third-order valence-corrected chi connectivity index (χ3v) is 1.76. The maximum Gasteiger partial charge on any atom is 0.0607 e. The zero-order valence-corrected chi connectivity index (χ0v) is 7.66. The minimum Gasteiger partial charge on any atom is -0.395 e. The standard InChI is InChI=1S/C9H19NO2/c1-3-4-5-8(2)10-9(6-11)7-12/h3,8-12H,1,4-7H2,2H3/t8-/m1/s1. The summed E-state index contributed by atoms with van der Waals surface area (Å²) in [7, 11) is 0. The van der Waals surface area contributed by atoms with Crippen LogP contribution in [0, 0.1) is 0 Å². The van der Waals surface area contributed by atoms with E-state index < -0.39 is 0 Å². The van der Waals surface area contributed by atoms with Crippen molar-refractivity contribution in [3.63, 3.8) is 0 Å². The first-order valence-electron chi connectivity index (χ1n) is 4.33. The van der Waals surface area contributed by atoms with Crippen LogP contribution < -0.4 is 5.32 Å². The Hall–Kier alpha value is -0.380. The monoisotopic (exact) mass is 173 g/mol. The predicted octanol–water partition coefficient (Wildman–Crippen LogP) is 0.284. The minimum absolute atomic E-state index is 0.0189. The van der Waals surface area contributed by atoms with Crippen LogP contribution in [0.3, 0.4) is 0 Å². The third kappa shape index (κ3) is 5.29. The lowest BCUT2D eigenvalue weighted by Gasteiger charge is -2.19. The molecule has 0 bridgehead atoms. The van der Waals surface area contributed by atoms with Crippen molar-refractivity contribution in [3.05, 3.63) is 12.7 Å². The molecule has 0 amide bonds.